The van der Waals surface area contributed by atoms with E-state index in [1.165, 1.54) is 12.8 Å². The van der Waals surface area contributed by atoms with Crippen molar-refractivity contribution < 1.29 is 4.79 Å². The third-order valence-electron chi connectivity index (χ3n) is 3.07. The van der Waals surface area contributed by atoms with Crippen LogP contribution in [0.3, 0.4) is 0 Å². The highest BCUT2D eigenvalue weighted by molar-refractivity contribution is 9.10. The van der Waals surface area contributed by atoms with E-state index in [0.717, 1.165) is 10.3 Å². The molecule has 1 aromatic carbocycles. The lowest BCUT2D eigenvalue weighted by atomic mass is 10.2. The summed E-state index contributed by atoms with van der Waals surface area (Å²) in [5, 5.41) is 6.14. The molecule has 0 atom stereocenters. The number of carbonyl (C=O) groups excluding carboxylic acids is 1. The van der Waals surface area contributed by atoms with Crippen LogP contribution in [0.1, 0.15) is 23.2 Å². The zero-order valence-corrected chi connectivity index (χ0v) is 12.4. The Labute approximate surface area is 125 Å². The third-order valence-corrected chi connectivity index (χ3v) is 3.76. The smallest absolute Gasteiger partial charge is 0.256 e. The average molecular weight is 332 g/mol. The molecule has 2 aromatic rings. The van der Waals surface area contributed by atoms with Gasteiger partial charge >= 0.3 is 0 Å². The maximum Gasteiger partial charge on any atom is 0.256 e. The molecular weight excluding hydrogens is 318 g/mol. The quantitative estimate of drug-likeness (QED) is 0.898. The number of nitrogens with one attached hydrogen (secondary N) is 2. The number of carbonyl (C=O) groups is 1. The molecule has 0 spiro atoms. The van der Waals surface area contributed by atoms with Crippen molar-refractivity contribution in [3.63, 3.8) is 0 Å². The fraction of sp³-hybridized carbons (Fsp3) is 0.200. The number of benzene rings is 1. The lowest BCUT2D eigenvalue weighted by molar-refractivity contribution is 0.102. The summed E-state index contributed by atoms with van der Waals surface area (Å²) in [5.74, 6) is 0.702. The van der Waals surface area contributed by atoms with Crippen LogP contribution in [0.25, 0.3) is 0 Å². The van der Waals surface area contributed by atoms with E-state index >= 15 is 0 Å². The fourth-order valence-corrected chi connectivity index (χ4v) is 2.30. The average Bonchev–Trinajstić information content (AvgIpc) is 3.25. The summed E-state index contributed by atoms with van der Waals surface area (Å²) in [7, 11) is 0. The number of hydrogen-bond acceptors (Lipinski definition) is 3. The van der Waals surface area contributed by atoms with Gasteiger partial charge in [-0.2, -0.15) is 0 Å². The molecule has 102 valence electrons. The van der Waals surface area contributed by atoms with Gasteiger partial charge < -0.3 is 10.6 Å². The Balaban J connectivity index is 1.67. The first kappa shape index (κ1) is 13.1. The van der Waals surface area contributed by atoms with Gasteiger partial charge in [-0.15, -0.1) is 0 Å². The summed E-state index contributed by atoms with van der Waals surface area (Å²) in [6.45, 7) is 0. The molecule has 0 aliphatic heterocycles. The second kappa shape index (κ2) is 5.63. The summed E-state index contributed by atoms with van der Waals surface area (Å²) < 4.78 is 0.775. The summed E-state index contributed by atoms with van der Waals surface area (Å²) in [4.78, 5) is 16.4. The van der Waals surface area contributed by atoms with Crippen LogP contribution >= 0.6 is 15.9 Å². The van der Waals surface area contributed by atoms with Crippen molar-refractivity contribution in [3.8, 4) is 0 Å². The van der Waals surface area contributed by atoms with E-state index in [1.54, 1.807) is 12.3 Å². The van der Waals surface area contributed by atoms with Crippen LogP contribution in [0, 0.1) is 0 Å². The van der Waals surface area contributed by atoms with Gasteiger partial charge in [0, 0.05) is 10.5 Å². The van der Waals surface area contributed by atoms with Crippen LogP contribution < -0.4 is 10.6 Å². The summed E-state index contributed by atoms with van der Waals surface area (Å²) in [6.07, 6.45) is 4.09. The largest absolute Gasteiger partial charge is 0.367 e. The molecule has 2 N–H and O–H groups in total. The van der Waals surface area contributed by atoms with Crippen molar-refractivity contribution >= 4 is 33.3 Å². The summed E-state index contributed by atoms with van der Waals surface area (Å²) in [5.41, 5.74) is 1.29. The van der Waals surface area contributed by atoms with Gasteiger partial charge in [0.05, 0.1) is 17.4 Å². The highest BCUT2D eigenvalue weighted by atomic mass is 79.9. The van der Waals surface area contributed by atoms with Crippen LogP contribution in [0.5, 0.6) is 0 Å². The summed E-state index contributed by atoms with van der Waals surface area (Å²) >= 11 is 3.37. The highest BCUT2D eigenvalue weighted by Crippen LogP contribution is 2.24. The molecule has 20 heavy (non-hydrogen) atoms. The second-order valence-electron chi connectivity index (χ2n) is 4.78. The zero-order chi connectivity index (χ0) is 13.9. The molecule has 1 fully saturated rings. The number of halogens is 1. The summed E-state index contributed by atoms with van der Waals surface area (Å²) in [6, 6.07) is 11.6. The van der Waals surface area contributed by atoms with Gasteiger partial charge in [-0.05, 0) is 53.0 Å². The fourth-order valence-electron chi connectivity index (χ4n) is 1.83. The molecule has 0 unspecified atom stereocenters. The van der Waals surface area contributed by atoms with E-state index in [1.807, 2.05) is 30.3 Å². The van der Waals surface area contributed by atoms with E-state index in [-0.39, 0.29) is 5.91 Å². The Morgan fingerprint density at radius 3 is 2.65 bits per heavy atom. The Morgan fingerprint density at radius 1 is 1.20 bits per heavy atom. The molecule has 5 heteroatoms. The first-order chi connectivity index (χ1) is 9.72. The molecule has 1 aliphatic rings. The highest BCUT2D eigenvalue weighted by Gasteiger charge is 2.21. The number of pyridine rings is 1. The van der Waals surface area contributed by atoms with Crippen LogP contribution in [0.15, 0.2) is 47.1 Å². The van der Waals surface area contributed by atoms with Gasteiger partial charge in [-0.25, -0.2) is 4.98 Å². The predicted molar refractivity (Wildman–Crippen MR) is 83.0 cm³/mol. The number of amides is 1. The Kier molecular flexibility index (Phi) is 3.69. The van der Waals surface area contributed by atoms with Crippen LogP contribution in [0.2, 0.25) is 0 Å². The monoisotopic (exact) mass is 331 g/mol. The zero-order valence-electron chi connectivity index (χ0n) is 10.8. The van der Waals surface area contributed by atoms with E-state index in [0.29, 0.717) is 17.3 Å². The lowest BCUT2D eigenvalue weighted by Gasteiger charge is -2.08. The number of nitrogens with zero attached hydrogens (tertiary/aromatic N) is 1. The van der Waals surface area contributed by atoms with Crippen LogP contribution in [0.4, 0.5) is 11.5 Å². The van der Waals surface area contributed by atoms with Gasteiger partial charge in [0.2, 0.25) is 0 Å². The van der Waals surface area contributed by atoms with Crippen molar-refractivity contribution in [2.75, 3.05) is 10.6 Å². The number of aromatic nitrogens is 1. The van der Waals surface area contributed by atoms with Gasteiger partial charge in [0.15, 0.2) is 0 Å². The van der Waals surface area contributed by atoms with Gasteiger partial charge in [-0.3, -0.25) is 4.79 Å². The van der Waals surface area contributed by atoms with E-state index < -0.39 is 0 Å². The van der Waals surface area contributed by atoms with Crippen molar-refractivity contribution in [3.05, 3.63) is 52.6 Å². The number of rotatable bonds is 4. The standard InChI is InChI=1S/C15H14BrN3O/c16-13-4-2-1-3-12(13)15(20)19-11-7-8-14(17-9-11)18-10-5-6-10/h1-4,7-10H,5-6H2,(H,17,18)(H,19,20). The second-order valence-corrected chi connectivity index (χ2v) is 5.64. The molecule has 1 saturated carbocycles. The molecule has 1 aromatic heterocycles. The molecule has 0 saturated heterocycles. The van der Waals surface area contributed by atoms with E-state index in [9.17, 15) is 4.79 Å². The first-order valence-corrected chi connectivity index (χ1v) is 7.30. The van der Waals surface area contributed by atoms with Gasteiger partial charge in [0.25, 0.3) is 5.91 Å². The molecule has 1 heterocycles. The van der Waals surface area contributed by atoms with Gasteiger partial charge in [-0.1, -0.05) is 12.1 Å². The normalized spacial score (nSPS) is 13.8. The molecule has 0 bridgehead atoms. The maximum absolute atomic E-state index is 12.1. The van der Waals surface area contributed by atoms with Gasteiger partial charge in [0.1, 0.15) is 5.82 Å². The maximum atomic E-state index is 12.1. The van der Waals surface area contributed by atoms with Crippen molar-refractivity contribution in [2.45, 2.75) is 18.9 Å². The molecular formula is C15H14BrN3O. The Morgan fingerprint density at radius 2 is 2.00 bits per heavy atom. The topological polar surface area (TPSA) is 54.0 Å². The van der Waals surface area contributed by atoms with Crippen molar-refractivity contribution in [1.29, 1.82) is 0 Å². The number of hydrogen-bond donors (Lipinski definition) is 2. The minimum absolute atomic E-state index is 0.151. The molecule has 3 rings (SSSR count). The Bertz CT molecular complexity index is 623. The van der Waals surface area contributed by atoms with Crippen LogP contribution in [-0.4, -0.2) is 16.9 Å². The predicted octanol–water partition coefficient (Wildman–Crippen LogP) is 3.67. The minimum atomic E-state index is -0.151. The third kappa shape index (κ3) is 3.17. The molecule has 4 nitrogen and oxygen atoms in total. The van der Waals surface area contributed by atoms with Crippen molar-refractivity contribution in [1.82, 2.24) is 4.98 Å². The van der Waals surface area contributed by atoms with E-state index in [4.69, 9.17) is 0 Å². The van der Waals surface area contributed by atoms with Crippen LogP contribution in [-0.2, 0) is 0 Å². The van der Waals surface area contributed by atoms with E-state index in [2.05, 4.69) is 31.5 Å². The first-order valence-electron chi connectivity index (χ1n) is 6.51. The Hall–Kier alpha value is -1.88. The SMILES string of the molecule is O=C(Nc1ccc(NC2CC2)nc1)c1ccccc1Br. The minimum Gasteiger partial charge on any atom is -0.367 e. The molecule has 1 aliphatic carbocycles. The number of anilines is 2. The van der Waals surface area contributed by atoms with Crippen molar-refractivity contribution in [2.24, 2.45) is 0 Å². The molecule has 1 amide bonds. The molecule has 0 radical (unpaired) electrons. The lowest BCUT2D eigenvalue weighted by Crippen LogP contribution is -2.13.